The van der Waals surface area contributed by atoms with Gasteiger partial charge in [0.2, 0.25) is 0 Å². The zero-order valence-electron chi connectivity index (χ0n) is 22.6. The summed E-state index contributed by atoms with van der Waals surface area (Å²) in [6.45, 7) is 19.6. The Kier molecular flexibility index (Phi) is 6.36. The van der Waals surface area contributed by atoms with Gasteiger partial charge < -0.3 is 5.11 Å². The molecule has 0 aromatic heterocycles. The van der Waals surface area contributed by atoms with Crippen LogP contribution in [-0.4, -0.2) is 11.2 Å². The number of aliphatic hydroxyl groups is 1. The summed E-state index contributed by atoms with van der Waals surface area (Å²) in [5.41, 5.74) is 6.49. The molecule has 0 amide bonds. The van der Waals surface area contributed by atoms with E-state index in [1.807, 2.05) is 11.1 Å². The second-order valence-electron chi connectivity index (χ2n) is 13.7. The topological polar surface area (TPSA) is 20.2 Å². The average molecular weight is 441 g/mol. The molecule has 4 aliphatic carbocycles. The van der Waals surface area contributed by atoms with Gasteiger partial charge in [0, 0.05) is 0 Å². The van der Waals surface area contributed by atoms with E-state index in [4.69, 9.17) is 0 Å². The largest absolute Gasteiger partial charge is 0.393 e. The fourth-order valence-electron chi connectivity index (χ4n) is 10.1. The quantitative estimate of drug-likeness (QED) is 0.423. The van der Waals surface area contributed by atoms with Crippen LogP contribution in [0, 0.1) is 39.4 Å². The van der Waals surface area contributed by atoms with Crippen molar-refractivity contribution in [2.24, 2.45) is 39.4 Å². The fourth-order valence-corrected chi connectivity index (χ4v) is 10.1. The maximum atomic E-state index is 10.8. The standard InChI is InChI=1S/C31H52O/c1-9-31-20-16-24-25(13-14-26-28(5,6)27(32)17-18-29(24,26)7)30(31,8)19-15-23(31)22(4)12-10-11-21(2)3/h11,22-23,26-27,32H,9-10,12-20H2,1-8H3/t22-,23-,26?,27+,29-,30+,31-/m1/s1. The molecule has 2 fully saturated rings. The predicted octanol–water partition coefficient (Wildman–Crippen LogP) is 8.87. The zero-order chi connectivity index (χ0) is 23.5. The second-order valence-corrected chi connectivity index (χ2v) is 13.7. The average Bonchev–Trinajstić information content (AvgIpc) is 3.04. The van der Waals surface area contributed by atoms with E-state index in [0.29, 0.717) is 22.2 Å². The summed E-state index contributed by atoms with van der Waals surface area (Å²) in [6, 6.07) is 0. The molecule has 0 bridgehead atoms. The lowest BCUT2D eigenvalue weighted by atomic mass is 9.42. The van der Waals surface area contributed by atoms with E-state index in [0.717, 1.165) is 18.3 Å². The van der Waals surface area contributed by atoms with Gasteiger partial charge in [0.25, 0.3) is 0 Å². The summed E-state index contributed by atoms with van der Waals surface area (Å²) in [5.74, 6) is 2.34. The summed E-state index contributed by atoms with van der Waals surface area (Å²) in [6.07, 6.45) is 16.6. The Morgan fingerprint density at radius 2 is 1.72 bits per heavy atom. The zero-order valence-corrected chi connectivity index (χ0v) is 22.6. The van der Waals surface area contributed by atoms with Crippen LogP contribution in [0.25, 0.3) is 0 Å². The highest BCUT2D eigenvalue weighted by atomic mass is 16.3. The fraction of sp³-hybridized carbons (Fsp3) is 0.871. The van der Waals surface area contributed by atoms with E-state index < -0.39 is 0 Å². The van der Waals surface area contributed by atoms with Gasteiger partial charge >= 0.3 is 0 Å². The molecule has 0 radical (unpaired) electrons. The first-order chi connectivity index (χ1) is 14.9. The molecule has 1 N–H and O–H groups in total. The minimum atomic E-state index is -0.130. The molecule has 1 nitrogen and oxygen atoms in total. The molecule has 4 rings (SSSR count). The number of rotatable bonds is 5. The molecule has 182 valence electrons. The van der Waals surface area contributed by atoms with Crippen molar-refractivity contribution in [2.45, 2.75) is 132 Å². The number of hydrogen-bond acceptors (Lipinski definition) is 1. The molecule has 0 aromatic rings. The van der Waals surface area contributed by atoms with Gasteiger partial charge in [0.15, 0.2) is 0 Å². The lowest BCUT2D eigenvalue weighted by molar-refractivity contribution is -0.0974. The molecule has 4 aliphatic rings. The minimum Gasteiger partial charge on any atom is -0.393 e. The number of allylic oxidation sites excluding steroid dienone is 4. The second kappa shape index (κ2) is 8.28. The molecule has 0 aromatic carbocycles. The first kappa shape index (κ1) is 24.6. The van der Waals surface area contributed by atoms with Gasteiger partial charge in [-0.3, -0.25) is 0 Å². The highest BCUT2D eigenvalue weighted by Crippen LogP contribution is 2.73. The molecular formula is C31H52O. The van der Waals surface area contributed by atoms with E-state index in [-0.39, 0.29) is 11.5 Å². The molecule has 1 unspecified atom stereocenters. The van der Waals surface area contributed by atoms with Crippen molar-refractivity contribution in [2.75, 3.05) is 0 Å². The normalized spacial score (nSPS) is 43.8. The van der Waals surface area contributed by atoms with Crippen molar-refractivity contribution in [3.63, 3.8) is 0 Å². The van der Waals surface area contributed by atoms with Gasteiger partial charge in [-0.2, -0.15) is 0 Å². The molecule has 7 atom stereocenters. The van der Waals surface area contributed by atoms with Gasteiger partial charge in [-0.25, -0.2) is 0 Å². The molecular weight excluding hydrogens is 388 g/mol. The smallest absolute Gasteiger partial charge is 0.0594 e. The Bertz CT molecular complexity index is 782. The van der Waals surface area contributed by atoms with Crippen molar-refractivity contribution in [1.29, 1.82) is 0 Å². The highest BCUT2D eigenvalue weighted by molar-refractivity contribution is 5.39. The first-order valence-corrected chi connectivity index (χ1v) is 14.0. The van der Waals surface area contributed by atoms with Crippen LogP contribution in [0.15, 0.2) is 22.8 Å². The van der Waals surface area contributed by atoms with Crippen LogP contribution in [0.3, 0.4) is 0 Å². The molecule has 0 aliphatic heterocycles. The van der Waals surface area contributed by atoms with E-state index in [9.17, 15) is 5.11 Å². The Labute approximate surface area is 199 Å². The van der Waals surface area contributed by atoms with Crippen molar-refractivity contribution in [3.05, 3.63) is 22.8 Å². The summed E-state index contributed by atoms with van der Waals surface area (Å²) in [4.78, 5) is 0. The van der Waals surface area contributed by atoms with Gasteiger partial charge in [0.05, 0.1) is 6.10 Å². The van der Waals surface area contributed by atoms with Crippen LogP contribution < -0.4 is 0 Å². The number of aliphatic hydroxyl groups excluding tert-OH is 1. The third kappa shape index (κ3) is 3.34. The molecule has 2 saturated carbocycles. The third-order valence-electron chi connectivity index (χ3n) is 11.9. The number of fused-ring (bicyclic) bond motifs is 4. The van der Waals surface area contributed by atoms with Gasteiger partial charge in [-0.05, 0) is 124 Å². The molecule has 0 saturated heterocycles. The van der Waals surface area contributed by atoms with Crippen molar-refractivity contribution < 1.29 is 5.11 Å². The van der Waals surface area contributed by atoms with Gasteiger partial charge in [-0.15, -0.1) is 0 Å². The number of hydrogen-bond donors (Lipinski definition) is 1. The first-order valence-electron chi connectivity index (χ1n) is 14.0. The molecule has 32 heavy (non-hydrogen) atoms. The van der Waals surface area contributed by atoms with Crippen LogP contribution in [0.5, 0.6) is 0 Å². The summed E-state index contributed by atoms with van der Waals surface area (Å²) in [5, 5.41) is 10.8. The summed E-state index contributed by atoms with van der Waals surface area (Å²) in [7, 11) is 0. The third-order valence-corrected chi connectivity index (χ3v) is 11.9. The van der Waals surface area contributed by atoms with Crippen molar-refractivity contribution >= 4 is 0 Å². The van der Waals surface area contributed by atoms with Gasteiger partial charge in [-0.1, -0.05) is 64.3 Å². The highest BCUT2D eigenvalue weighted by Gasteiger charge is 2.64. The van der Waals surface area contributed by atoms with Crippen molar-refractivity contribution in [3.8, 4) is 0 Å². The van der Waals surface area contributed by atoms with E-state index in [1.165, 1.54) is 69.8 Å². The van der Waals surface area contributed by atoms with Crippen LogP contribution in [0.2, 0.25) is 0 Å². The lowest BCUT2D eigenvalue weighted by Crippen LogP contribution is -2.55. The van der Waals surface area contributed by atoms with Crippen LogP contribution >= 0.6 is 0 Å². The van der Waals surface area contributed by atoms with E-state index >= 15 is 0 Å². The van der Waals surface area contributed by atoms with Crippen LogP contribution in [-0.2, 0) is 0 Å². The SMILES string of the molecule is CC[C@]12CCC3=C(CCC4C(C)(C)[C@@H](O)CC[C@]34C)[C@]1(C)CC[C@@H]2[C@H](C)CCC=C(C)C. The minimum absolute atomic E-state index is 0.0450. The summed E-state index contributed by atoms with van der Waals surface area (Å²) < 4.78 is 0. The van der Waals surface area contributed by atoms with Crippen LogP contribution in [0.1, 0.15) is 126 Å². The molecule has 0 heterocycles. The Balaban J connectivity index is 1.68. The Morgan fingerprint density at radius 3 is 2.38 bits per heavy atom. The van der Waals surface area contributed by atoms with Crippen molar-refractivity contribution in [1.82, 2.24) is 0 Å². The Hall–Kier alpha value is -0.560. The van der Waals surface area contributed by atoms with E-state index in [2.05, 4.69) is 61.5 Å². The lowest BCUT2D eigenvalue weighted by Gasteiger charge is -2.62. The summed E-state index contributed by atoms with van der Waals surface area (Å²) >= 11 is 0. The maximum absolute atomic E-state index is 10.8. The van der Waals surface area contributed by atoms with E-state index in [1.54, 1.807) is 0 Å². The predicted molar refractivity (Wildman–Crippen MR) is 137 cm³/mol. The maximum Gasteiger partial charge on any atom is 0.0594 e. The molecule has 1 heteroatoms. The molecule has 0 spiro atoms. The van der Waals surface area contributed by atoms with Crippen LogP contribution in [0.4, 0.5) is 0 Å². The Morgan fingerprint density at radius 1 is 1.00 bits per heavy atom. The van der Waals surface area contributed by atoms with Gasteiger partial charge in [0.1, 0.15) is 0 Å². The monoisotopic (exact) mass is 440 g/mol.